The molecule has 0 atom stereocenters. The number of rotatable bonds is 6. The zero-order valence-electron chi connectivity index (χ0n) is 14.7. The summed E-state index contributed by atoms with van der Waals surface area (Å²) < 4.78 is 10.6. The first-order valence-electron chi connectivity index (χ1n) is 8.58. The number of anilines is 1. The predicted octanol–water partition coefficient (Wildman–Crippen LogP) is 3.58. The van der Waals surface area contributed by atoms with Gasteiger partial charge in [0.25, 0.3) is 0 Å². The van der Waals surface area contributed by atoms with Gasteiger partial charge in [-0.3, -0.25) is 0 Å². The summed E-state index contributed by atoms with van der Waals surface area (Å²) in [5, 5.41) is 11.3. The van der Waals surface area contributed by atoms with Crippen LogP contribution in [0.1, 0.15) is 47.2 Å². The highest BCUT2D eigenvalue weighted by atomic mass is 16.5. The second-order valence-corrected chi connectivity index (χ2v) is 6.58. The lowest BCUT2D eigenvalue weighted by Crippen LogP contribution is -2.10. The van der Waals surface area contributed by atoms with Crippen LogP contribution in [0.2, 0.25) is 0 Å². The molecule has 7 nitrogen and oxygen atoms in total. The molecule has 3 heterocycles. The van der Waals surface area contributed by atoms with Gasteiger partial charge in [0.2, 0.25) is 5.95 Å². The third-order valence-electron chi connectivity index (χ3n) is 4.52. The van der Waals surface area contributed by atoms with E-state index in [1.807, 2.05) is 33.0 Å². The van der Waals surface area contributed by atoms with Crippen LogP contribution < -0.4 is 5.32 Å². The molecule has 0 amide bonds. The second-order valence-electron chi connectivity index (χ2n) is 6.58. The summed E-state index contributed by atoms with van der Waals surface area (Å²) in [6.07, 6.45) is 4.98. The van der Waals surface area contributed by atoms with Crippen molar-refractivity contribution in [3.63, 3.8) is 0 Å². The largest absolute Gasteiger partial charge is 0.361 e. The molecule has 0 spiro atoms. The topological polar surface area (TPSA) is 89.9 Å². The number of aryl methyl sites for hydroxylation is 3. The molecule has 7 heteroatoms. The summed E-state index contributed by atoms with van der Waals surface area (Å²) in [4.78, 5) is 9.18. The molecule has 3 aromatic heterocycles. The fourth-order valence-electron chi connectivity index (χ4n) is 2.99. The molecular weight excluding hydrogens is 318 g/mol. The van der Waals surface area contributed by atoms with Crippen LogP contribution in [0.3, 0.4) is 0 Å². The van der Waals surface area contributed by atoms with Crippen LogP contribution in [0.5, 0.6) is 0 Å². The Kier molecular flexibility index (Phi) is 3.99. The van der Waals surface area contributed by atoms with Gasteiger partial charge in [-0.05, 0) is 40.0 Å². The smallest absolute Gasteiger partial charge is 0.222 e. The summed E-state index contributed by atoms with van der Waals surface area (Å²) >= 11 is 0. The number of hydrogen-bond donors (Lipinski definition) is 1. The SMILES string of the molecule is Cc1cc(-c2cnc(NCCc3c(C)noc3C)nc2C2CC2)on1. The minimum absolute atomic E-state index is 0.492. The lowest BCUT2D eigenvalue weighted by molar-refractivity contribution is 0.392. The molecule has 0 unspecified atom stereocenters. The number of hydrogen-bond acceptors (Lipinski definition) is 7. The maximum Gasteiger partial charge on any atom is 0.222 e. The van der Waals surface area contributed by atoms with Crippen molar-refractivity contribution in [3.8, 4) is 11.3 Å². The van der Waals surface area contributed by atoms with Crippen molar-refractivity contribution in [2.75, 3.05) is 11.9 Å². The fraction of sp³-hybridized carbons (Fsp3) is 0.444. The Balaban J connectivity index is 1.50. The molecule has 1 fully saturated rings. The monoisotopic (exact) mass is 339 g/mol. The van der Waals surface area contributed by atoms with Crippen LogP contribution in [0.15, 0.2) is 21.3 Å². The van der Waals surface area contributed by atoms with E-state index in [1.54, 1.807) is 0 Å². The lowest BCUT2D eigenvalue weighted by Gasteiger charge is -2.09. The van der Waals surface area contributed by atoms with Crippen molar-refractivity contribution < 1.29 is 9.05 Å². The zero-order chi connectivity index (χ0) is 17.4. The molecule has 25 heavy (non-hydrogen) atoms. The maximum absolute atomic E-state index is 5.40. The Bertz CT molecular complexity index is 875. The predicted molar refractivity (Wildman–Crippen MR) is 92.4 cm³/mol. The molecular formula is C18H21N5O2. The minimum atomic E-state index is 0.492. The van der Waals surface area contributed by atoms with E-state index < -0.39 is 0 Å². The van der Waals surface area contributed by atoms with Gasteiger partial charge in [-0.25, -0.2) is 9.97 Å². The van der Waals surface area contributed by atoms with E-state index in [1.165, 1.54) is 0 Å². The average molecular weight is 339 g/mol. The first kappa shape index (κ1) is 15.8. The van der Waals surface area contributed by atoms with Crippen LogP contribution in [0.25, 0.3) is 11.3 Å². The standard InChI is InChI=1S/C18H21N5O2/c1-10-8-16(25-22-10)15-9-20-18(21-17(15)13-4-5-13)19-7-6-14-11(2)23-24-12(14)3/h8-9,13H,4-7H2,1-3H3,(H,19,20,21). The summed E-state index contributed by atoms with van der Waals surface area (Å²) in [6, 6.07) is 1.93. The third kappa shape index (κ3) is 3.26. The molecule has 0 radical (unpaired) electrons. The van der Waals surface area contributed by atoms with Gasteiger partial charge in [0.05, 0.1) is 22.6 Å². The molecule has 0 aliphatic heterocycles. The Morgan fingerprint density at radius 1 is 1.16 bits per heavy atom. The number of nitrogens with zero attached hydrogens (tertiary/aromatic N) is 4. The first-order valence-corrected chi connectivity index (χ1v) is 8.58. The Hall–Kier alpha value is -2.70. The molecule has 1 N–H and O–H groups in total. The molecule has 0 bridgehead atoms. The van der Waals surface area contributed by atoms with Gasteiger partial charge in [0.15, 0.2) is 5.76 Å². The molecule has 1 aliphatic carbocycles. The molecule has 3 aromatic rings. The summed E-state index contributed by atoms with van der Waals surface area (Å²) in [5.41, 5.74) is 4.93. The molecule has 0 aromatic carbocycles. The second kappa shape index (κ2) is 6.31. The van der Waals surface area contributed by atoms with E-state index in [9.17, 15) is 0 Å². The van der Waals surface area contributed by atoms with Gasteiger partial charge in [0, 0.05) is 30.3 Å². The van der Waals surface area contributed by atoms with E-state index in [-0.39, 0.29) is 0 Å². The highest BCUT2D eigenvalue weighted by Crippen LogP contribution is 2.43. The Labute approximate surface area is 145 Å². The molecule has 1 aliphatic rings. The van der Waals surface area contributed by atoms with Crippen LogP contribution in [-0.4, -0.2) is 26.8 Å². The Morgan fingerprint density at radius 3 is 2.64 bits per heavy atom. The van der Waals surface area contributed by atoms with Gasteiger partial charge >= 0.3 is 0 Å². The van der Waals surface area contributed by atoms with Gasteiger partial charge < -0.3 is 14.4 Å². The van der Waals surface area contributed by atoms with E-state index in [2.05, 4.69) is 20.6 Å². The average Bonchev–Trinajstić information content (AvgIpc) is 3.30. The molecule has 130 valence electrons. The third-order valence-corrected chi connectivity index (χ3v) is 4.52. The van der Waals surface area contributed by atoms with Crippen molar-refractivity contribution in [3.05, 3.63) is 40.7 Å². The summed E-state index contributed by atoms with van der Waals surface area (Å²) in [5.74, 6) is 2.75. The van der Waals surface area contributed by atoms with Crippen molar-refractivity contribution in [2.24, 2.45) is 0 Å². The van der Waals surface area contributed by atoms with Gasteiger partial charge in [-0.2, -0.15) is 0 Å². The molecule has 1 saturated carbocycles. The highest BCUT2D eigenvalue weighted by Gasteiger charge is 2.30. The van der Waals surface area contributed by atoms with Gasteiger partial charge in [-0.1, -0.05) is 10.3 Å². The minimum Gasteiger partial charge on any atom is -0.361 e. The fourth-order valence-corrected chi connectivity index (χ4v) is 2.99. The van der Waals surface area contributed by atoms with Crippen LogP contribution in [0, 0.1) is 20.8 Å². The number of nitrogens with one attached hydrogen (secondary N) is 1. The van der Waals surface area contributed by atoms with E-state index in [0.717, 1.165) is 65.5 Å². The van der Waals surface area contributed by atoms with Crippen LogP contribution >= 0.6 is 0 Å². The molecule has 4 rings (SSSR count). The van der Waals surface area contributed by atoms with Crippen molar-refractivity contribution >= 4 is 5.95 Å². The summed E-state index contributed by atoms with van der Waals surface area (Å²) in [7, 11) is 0. The molecule has 0 saturated heterocycles. The van der Waals surface area contributed by atoms with Gasteiger partial charge in [-0.15, -0.1) is 0 Å². The van der Waals surface area contributed by atoms with Crippen molar-refractivity contribution in [2.45, 2.75) is 46.0 Å². The lowest BCUT2D eigenvalue weighted by atomic mass is 10.1. The Morgan fingerprint density at radius 2 is 2.00 bits per heavy atom. The maximum atomic E-state index is 5.40. The van der Waals surface area contributed by atoms with Crippen molar-refractivity contribution in [1.82, 2.24) is 20.3 Å². The first-order chi connectivity index (χ1) is 12.1. The normalized spacial score (nSPS) is 14.0. The van der Waals surface area contributed by atoms with Crippen molar-refractivity contribution in [1.29, 1.82) is 0 Å². The highest BCUT2D eigenvalue weighted by molar-refractivity contribution is 5.61. The van der Waals surface area contributed by atoms with Crippen LogP contribution in [0.4, 0.5) is 5.95 Å². The zero-order valence-corrected chi connectivity index (χ0v) is 14.7. The quantitative estimate of drug-likeness (QED) is 0.734. The van der Waals surface area contributed by atoms with Gasteiger partial charge in [0.1, 0.15) is 5.76 Å². The van der Waals surface area contributed by atoms with E-state index >= 15 is 0 Å². The van der Waals surface area contributed by atoms with Crippen LogP contribution in [-0.2, 0) is 6.42 Å². The van der Waals surface area contributed by atoms with E-state index in [0.29, 0.717) is 11.9 Å². The van der Waals surface area contributed by atoms with E-state index in [4.69, 9.17) is 14.0 Å². The summed E-state index contributed by atoms with van der Waals surface area (Å²) in [6.45, 7) is 6.54. The number of aromatic nitrogens is 4.